The van der Waals surface area contributed by atoms with Crippen LogP contribution in [-0.4, -0.2) is 28.9 Å². The fourth-order valence-electron chi connectivity index (χ4n) is 4.15. The lowest BCUT2D eigenvalue weighted by Crippen LogP contribution is -2.29. The molecule has 1 amide bonds. The van der Waals surface area contributed by atoms with Crippen molar-refractivity contribution in [3.63, 3.8) is 0 Å². The Balaban J connectivity index is 1.95. The molecule has 1 saturated heterocycles. The fraction of sp³-hybridized carbons (Fsp3) is 0.222. The molecule has 1 atom stereocenters. The molecule has 0 radical (unpaired) electrons. The number of ether oxygens (including phenoxy) is 1. The van der Waals surface area contributed by atoms with E-state index in [1.54, 1.807) is 43.5 Å². The number of Topliss-reactive ketones (excluding diaryl/α,β-unsaturated/α-hetero) is 1. The summed E-state index contributed by atoms with van der Waals surface area (Å²) in [5.41, 5.74) is 1.29. The highest BCUT2D eigenvalue weighted by Crippen LogP contribution is 2.43. The van der Waals surface area contributed by atoms with Crippen LogP contribution >= 0.6 is 11.6 Å². The molecule has 2 aromatic carbocycles. The van der Waals surface area contributed by atoms with Crippen molar-refractivity contribution in [2.75, 3.05) is 12.0 Å². The summed E-state index contributed by atoms with van der Waals surface area (Å²) in [5, 5.41) is 11.2. The number of rotatable bonds is 4. The van der Waals surface area contributed by atoms with Crippen LogP contribution in [0.5, 0.6) is 5.75 Å². The predicted molar refractivity (Wildman–Crippen MR) is 132 cm³/mol. The van der Waals surface area contributed by atoms with Crippen LogP contribution in [0.2, 0.25) is 5.02 Å². The normalized spacial score (nSPS) is 17.7. The molecule has 1 N–H and O–H groups in total. The average molecular weight is 495 g/mol. The number of hydrogen-bond acceptors (Lipinski definition) is 5. The number of pyridine rings is 1. The van der Waals surface area contributed by atoms with E-state index in [0.717, 1.165) is 11.6 Å². The summed E-state index contributed by atoms with van der Waals surface area (Å²) in [5.74, 6) is -2.13. The van der Waals surface area contributed by atoms with Crippen molar-refractivity contribution in [1.82, 2.24) is 4.98 Å². The Kier molecular flexibility index (Phi) is 6.38. The second-order valence-electron chi connectivity index (χ2n) is 9.19. The molecule has 8 heteroatoms. The minimum absolute atomic E-state index is 0.126. The number of aromatic nitrogens is 1. The first-order valence-electron chi connectivity index (χ1n) is 10.9. The number of carbonyl (C=O) groups excluding carboxylic acids is 2. The largest absolute Gasteiger partial charge is 0.507 e. The maximum absolute atomic E-state index is 13.8. The molecule has 180 valence electrons. The lowest BCUT2D eigenvalue weighted by molar-refractivity contribution is -0.132. The van der Waals surface area contributed by atoms with E-state index in [4.69, 9.17) is 16.3 Å². The van der Waals surface area contributed by atoms with E-state index in [1.807, 2.05) is 20.8 Å². The predicted octanol–water partition coefficient (Wildman–Crippen LogP) is 5.81. The molecule has 1 aromatic heterocycles. The molecular weight excluding hydrogens is 471 g/mol. The highest BCUT2D eigenvalue weighted by molar-refractivity contribution is 6.51. The van der Waals surface area contributed by atoms with Crippen LogP contribution in [0.15, 0.2) is 66.4 Å². The molecule has 1 fully saturated rings. The Bertz CT molecular complexity index is 1350. The lowest BCUT2D eigenvalue weighted by atomic mass is 9.84. The van der Waals surface area contributed by atoms with E-state index >= 15 is 0 Å². The Labute approximate surface area is 207 Å². The van der Waals surface area contributed by atoms with E-state index in [-0.39, 0.29) is 27.5 Å². The Morgan fingerprint density at radius 2 is 1.86 bits per heavy atom. The minimum atomic E-state index is -1.04. The summed E-state index contributed by atoms with van der Waals surface area (Å²) in [6.07, 6.45) is 1.53. The second-order valence-corrected chi connectivity index (χ2v) is 9.59. The average Bonchev–Trinajstić information content (AvgIpc) is 3.10. The van der Waals surface area contributed by atoms with Gasteiger partial charge in [-0.15, -0.1) is 0 Å². The first kappa shape index (κ1) is 24.4. The third kappa shape index (κ3) is 4.39. The zero-order chi connectivity index (χ0) is 25.5. The van der Waals surface area contributed by atoms with Gasteiger partial charge in [-0.1, -0.05) is 38.4 Å². The third-order valence-corrected chi connectivity index (χ3v) is 6.16. The summed E-state index contributed by atoms with van der Waals surface area (Å²) in [4.78, 5) is 32.0. The number of hydrogen-bond donors (Lipinski definition) is 1. The summed E-state index contributed by atoms with van der Waals surface area (Å²) >= 11 is 5.97. The first-order chi connectivity index (χ1) is 16.5. The lowest BCUT2D eigenvalue weighted by Gasteiger charge is -2.25. The Morgan fingerprint density at radius 1 is 1.11 bits per heavy atom. The maximum atomic E-state index is 13.8. The molecule has 3 aromatic rings. The van der Waals surface area contributed by atoms with E-state index in [2.05, 4.69) is 4.98 Å². The van der Waals surface area contributed by atoms with E-state index < -0.39 is 23.5 Å². The van der Waals surface area contributed by atoms with Crippen LogP contribution in [-0.2, 0) is 15.0 Å². The molecule has 0 aliphatic carbocycles. The number of halogens is 2. The van der Waals surface area contributed by atoms with Crippen molar-refractivity contribution in [3.8, 4) is 5.75 Å². The summed E-state index contributed by atoms with van der Waals surface area (Å²) in [6.45, 7) is 6.00. The molecule has 0 bridgehead atoms. The van der Waals surface area contributed by atoms with Crippen molar-refractivity contribution < 1.29 is 23.8 Å². The smallest absolute Gasteiger partial charge is 0.300 e. The molecule has 4 rings (SSSR count). The number of aliphatic hydroxyl groups excluding tert-OH is 1. The Morgan fingerprint density at radius 3 is 2.46 bits per heavy atom. The summed E-state index contributed by atoms with van der Waals surface area (Å²) < 4.78 is 19.3. The number of aliphatic hydroxyl groups is 1. The van der Waals surface area contributed by atoms with Gasteiger partial charge in [0, 0.05) is 23.0 Å². The van der Waals surface area contributed by atoms with Crippen molar-refractivity contribution >= 4 is 34.7 Å². The van der Waals surface area contributed by atoms with Crippen LogP contribution in [0.4, 0.5) is 10.1 Å². The molecule has 1 aliphatic rings. The van der Waals surface area contributed by atoms with Gasteiger partial charge in [-0.2, -0.15) is 0 Å². The van der Waals surface area contributed by atoms with Crippen LogP contribution in [0.1, 0.15) is 43.6 Å². The van der Waals surface area contributed by atoms with Crippen molar-refractivity contribution in [1.29, 1.82) is 0 Å². The summed E-state index contributed by atoms with van der Waals surface area (Å²) in [6, 6.07) is 12.8. The van der Waals surface area contributed by atoms with Crippen molar-refractivity contribution in [2.24, 2.45) is 0 Å². The van der Waals surface area contributed by atoms with E-state index in [0.29, 0.717) is 17.0 Å². The van der Waals surface area contributed by atoms with Gasteiger partial charge in [0.2, 0.25) is 0 Å². The Hall–Kier alpha value is -3.71. The molecular formula is C27H24ClFN2O4. The van der Waals surface area contributed by atoms with Gasteiger partial charge in [0.15, 0.2) is 0 Å². The zero-order valence-electron chi connectivity index (χ0n) is 19.7. The highest BCUT2D eigenvalue weighted by Gasteiger charge is 2.47. The van der Waals surface area contributed by atoms with Gasteiger partial charge in [0.05, 0.1) is 23.4 Å². The quantitative estimate of drug-likeness (QED) is 0.281. The standard InChI is InChI=1S/C27H24ClFN2O4/c1-27(2,3)17-13-15(8-11-21(17)35-4)24(32)22-23(20-7-5-6-12-30-20)31(26(34)25(22)33)16-9-10-19(29)18(28)14-16/h5-14,23,32H,1-4H3/b24-22-. The molecule has 2 heterocycles. The summed E-state index contributed by atoms with van der Waals surface area (Å²) in [7, 11) is 1.56. The van der Waals surface area contributed by atoms with Crippen molar-refractivity contribution in [3.05, 3.63) is 94.0 Å². The van der Waals surface area contributed by atoms with Gasteiger partial charge in [-0.3, -0.25) is 19.5 Å². The molecule has 1 unspecified atom stereocenters. The topological polar surface area (TPSA) is 79.7 Å². The number of ketones is 1. The van der Waals surface area contributed by atoms with Gasteiger partial charge < -0.3 is 9.84 Å². The van der Waals surface area contributed by atoms with Gasteiger partial charge in [-0.25, -0.2) is 4.39 Å². The molecule has 0 saturated carbocycles. The first-order valence-corrected chi connectivity index (χ1v) is 11.3. The number of anilines is 1. The van der Waals surface area contributed by atoms with Crippen molar-refractivity contribution in [2.45, 2.75) is 32.2 Å². The van der Waals surface area contributed by atoms with Gasteiger partial charge >= 0.3 is 0 Å². The maximum Gasteiger partial charge on any atom is 0.300 e. The molecule has 0 spiro atoms. The van der Waals surface area contributed by atoms with E-state index in [9.17, 15) is 19.1 Å². The molecule has 6 nitrogen and oxygen atoms in total. The monoisotopic (exact) mass is 494 g/mol. The number of nitrogens with zero attached hydrogens (tertiary/aromatic N) is 2. The second kappa shape index (κ2) is 9.15. The fourth-order valence-corrected chi connectivity index (χ4v) is 4.32. The van der Waals surface area contributed by atoms with E-state index in [1.165, 1.54) is 23.2 Å². The number of methoxy groups -OCH3 is 1. The number of carbonyl (C=O) groups is 2. The SMILES string of the molecule is COc1ccc(/C(O)=C2/C(=O)C(=O)N(c3ccc(F)c(Cl)c3)C2c2ccccn2)cc1C(C)(C)C. The third-order valence-electron chi connectivity index (χ3n) is 5.87. The van der Waals surface area contributed by atoms with Gasteiger partial charge in [-0.05, 0) is 53.9 Å². The van der Waals surface area contributed by atoms with Crippen LogP contribution in [0.3, 0.4) is 0 Å². The minimum Gasteiger partial charge on any atom is -0.507 e. The molecule has 1 aliphatic heterocycles. The number of benzene rings is 2. The van der Waals surface area contributed by atoms with Crippen LogP contribution in [0, 0.1) is 5.82 Å². The number of amides is 1. The van der Waals surface area contributed by atoms with Crippen LogP contribution < -0.4 is 9.64 Å². The zero-order valence-corrected chi connectivity index (χ0v) is 20.4. The van der Waals surface area contributed by atoms with Gasteiger partial charge in [0.25, 0.3) is 11.7 Å². The van der Waals surface area contributed by atoms with Crippen LogP contribution in [0.25, 0.3) is 5.76 Å². The highest BCUT2D eigenvalue weighted by atomic mass is 35.5. The molecule has 35 heavy (non-hydrogen) atoms. The van der Waals surface area contributed by atoms with Gasteiger partial charge in [0.1, 0.15) is 23.4 Å².